The van der Waals surface area contributed by atoms with E-state index < -0.39 is 11.7 Å². The lowest BCUT2D eigenvalue weighted by Crippen LogP contribution is -2.28. The monoisotopic (exact) mass is 277 g/mol. The fourth-order valence-corrected chi connectivity index (χ4v) is 2.62. The molecular weight excluding hydrogens is 263 g/mol. The van der Waals surface area contributed by atoms with Crippen LogP contribution in [0.2, 0.25) is 0 Å². The topological polar surface area (TPSA) is 12.0 Å². The molecule has 104 valence electrons. The summed E-state index contributed by atoms with van der Waals surface area (Å²) in [5, 5.41) is 3.30. The molecule has 0 amide bonds. The minimum Gasteiger partial charge on any atom is -0.306 e. The lowest BCUT2D eigenvalue weighted by Gasteiger charge is -2.27. The summed E-state index contributed by atoms with van der Waals surface area (Å²) in [4.78, 5) is 0. The Hall–Kier alpha value is -1.81. The van der Waals surface area contributed by atoms with Gasteiger partial charge in [-0.2, -0.15) is 13.2 Å². The van der Waals surface area contributed by atoms with E-state index in [1.54, 1.807) is 6.07 Å². The highest BCUT2D eigenvalue weighted by molar-refractivity contribution is 5.34. The highest BCUT2D eigenvalue weighted by Crippen LogP contribution is 2.32. The molecule has 0 aliphatic carbocycles. The van der Waals surface area contributed by atoms with E-state index in [0.717, 1.165) is 12.5 Å². The third kappa shape index (κ3) is 2.56. The summed E-state index contributed by atoms with van der Waals surface area (Å²) >= 11 is 0. The zero-order valence-electron chi connectivity index (χ0n) is 10.7. The second kappa shape index (κ2) is 4.94. The van der Waals surface area contributed by atoms with Gasteiger partial charge in [-0.05, 0) is 35.2 Å². The first-order valence-electron chi connectivity index (χ1n) is 6.51. The summed E-state index contributed by atoms with van der Waals surface area (Å²) in [7, 11) is 0. The Kier molecular flexibility index (Phi) is 3.26. The van der Waals surface area contributed by atoms with Crippen molar-refractivity contribution in [2.75, 3.05) is 0 Å². The molecule has 2 aromatic carbocycles. The molecule has 20 heavy (non-hydrogen) atoms. The van der Waals surface area contributed by atoms with E-state index in [9.17, 15) is 13.2 Å². The van der Waals surface area contributed by atoms with Crippen molar-refractivity contribution in [3.8, 4) is 0 Å². The first-order chi connectivity index (χ1) is 9.54. The van der Waals surface area contributed by atoms with Gasteiger partial charge in [-0.25, -0.2) is 0 Å². The van der Waals surface area contributed by atoms with Crippen molar-refractivity contribution >= 4 is 0 Å². The minimum atomic E-state index is -4.29. The maximum absolute atomic E-state index is 12.8. The number of fused-ring (bicyclic) bond motifs is 1. The summed E-state index contributed by atoms with van der Waals surface area (Å²) < 4.78 is 38.3. The number of hydrogen-bond acceptors (Lipinski definition) is 1. The maximum atomic E-state index is 12.8. The summed E-state index contributed by atoms with van der Waals surface area (Å²) in [6, 6.07) is 13.5. The Bertz CT molecular complexity index is 619. The zero-order valence-corrected chi connectivity index (χ0v) is 10.7. The van der Waals surface area contributed by atoms with Crippen molar-refractivity contribution in [3.05, 3.63) is 70.8 Å². The van der Waals surface area contributed by atoms with Gasteiger partial charge in [0, 0.05) is 12.6 Å². The molecule has 1 N–H and O–H groups in total. The van der Waals surface area contributed by atoms with Crippen LogP contribution in [0.15, 0.2) is 48.5 Å². The molecule has 2 aromatic rings. The van der Waals surface area contributed by atoms with Crippen molar-refractivity contribution in [3.63, 3.8) is 0 Å². The molecule has 0 saturated heterocycles. The van der Waals surface area contributed by atoms with E-state index in [2.05, 4.69) is 5.32 Å². The zero-order chi connectivity index (χ0) is 14.2. The molecule has 1 heterocycles. The van der Waals surface area contributed by atoms with Crippen LogP contribution in [0.25, 0.3) is 0 Å². The molecule has 0 aromatic heterocycles. The van der Waals surface area contributed by atoms with Crippen molar-refractivity contribution in [2.24, 2.45) is 0 Å². The number of benzene rings is 2. The lowest BCUT2D eigenvalue weighted by molar-refractivity contribution is -0.137. The van der Waals surface area contributed by atoms with E-state index in [4.69, 9.17) is 0 Å². The summed E-state index contributed by atoms with van der Waals surface area (Å²) in [6.07, 6.45) is -3.57. The van der Waals surface area contributed by atoms with Crippen molar-refractivity contribution < 1.29 is 13.2 Å². The summed E-state index contributed by atoms with van der Waals surface area (Å²) in [5.41, 5.74) is 2.52. The van der Waals surface area contributed by atoms with Gasteiger partial charge >= 0.3 is 6.18 Å². The number of nitrogens with one attached hydrogen (secondary N) is 1. The highest BCUT2D eigenvalue weighted by atomic mass is 19.4. The van der Waals surface area contributed by atoms with Gasteiger partial charge in [-0.1, -0.05) is 36.4 Å². The number of alkyl halides is 3. The average Bonchev–Trinajstić information content (AvgIpc) is 2.46. The van der Waals surface area contributed by atoms with E-state index in [1.165, 1.54) is 23.3 Å². The normalized spacial score (nSPS) is 18.6. The first kappa shape index (κ1) is 13.2. The third-order valence-corrected chi connectivity index (χ3v) is 3.70. The SMILES string of the molecule is FC(F)(F)c1cccc(C2Cc3ccccc3CN2)c1. The van der Waals surface area contributed by atoms with Crippen LogP contribution in [0, 0.1) is 0 Å². The third-order valence-electron chi connectivity index (χ3n) is 3.70. The van der Waals surface area contributed by atoms with Gasteiger partial charge in [0.25, 0.3) is 0 Å². The molecule has 1 aliphatic heterocycles. The number of rotatable bonds is 1. The van der Waals surface area contributed by atoms with Crippen molar-refractivity contribution in [2.45, 2.75) is 25.2 Å². The Morgan fingerprint density at radius 2 is 1.70 bits per heavy atom. The van der Waals surface area contributed by atoms with E-state index in [1.807, 2.05) is 24.3 Å². The molecule has 4 heteroatoms. The fraction of sp³-hybridized carbons (Fsp3) is 0.250. The average molecular weight is 277 g/mol. The predicted octanol–water partition coefficient (Wildman–Crippen LogP) is 4.09. The van der Waals surface area contributed by atoms with Crippen LogP contribution in [0.5, 0.6) is 0 Å². The Balaban J connectivity index is 1.88. The summed E-state index contributed by atoms with van der Waals surface area (Å²) in [6.45, 7) is 0.692. The van der Waals surface area contributed by atoms with Crippen molar-refractivity contribution in [1.29, 1.82) is 0 Å². The molecule has 3 rings (SSSR count). The largest absolute Gasteiger partial charge is 0.416 e. The molecule has 0 spiro atoms. The van der Waals surface area contributed by atoms with Crippen LogP contribution in [-0.4, -0.2) is 0 Å². The van der Waals surface area contributed by atoms with Gasteiger partial charge in [-0.15, -0.1) is 0 Å². The maximum Gasteiger partial charge on any atom is 0.416 e. The molecule has 0 bridgehead atoms. The standard InChI is InChI=1S/C16H14F3N/c17-16(18,19)14-7-3-6-12(8-14)15-9-11-4-1-2-5-13(11)10-20-15/h1-8,15,20H,9-10H2. The van der Waals surface area contributed by atoms with Gasteiger partial charge in [0.2, 0.25) is 0 Å². The summed E-state index contributed by atoms with van der Waals surface area (Å²) in [5.74, 6) is 0. The molecule has 1 atom stereocenters. The van der Waals surface area contributed by atoms with Crippen LogP contribution in [0.4, 0.5) is 13.2 Å². The van der Waals surface area contributed by atoms with Gasteiger partial charge < -0.3 is 5.32 Å². The molecule has 0 fully saturated rings. The van der Waals surface area contributed by atoms with Gasteiger partial charge in [0.05, 0.1) is 5.56 Å². The minimum absolute atomic E-state index is 0.0628. The molecule has 0 radical (unpaired) electrons. The Labute approximate surface area is 115 Å². The quantitative estimate of drug-likeness (QED) is 0.827. The highest BCUT2D eigenvalue weighted by Gasteiger charge is 2.31. The lowest BCUT2D eigenvalue weighted by atomic mass is 9.91. The van der Waals surface area contributed by atoms with E-state index in [0.29, 0.717) is 12.1 Å². The van der Waals surface area contributed by atoms with Crippen molar-refractivity contribution in [1.82, 2.24) is 5.32 Å². The van der Waals surface area contributed by atoms with Gasteiger partial charge in [0.15, 0.2) is 0 Å². The van der Waals surface area contributed by atoms with Crippen LogP contribution in [-0.2, 0) is 19.1 Å². The smallest absolute Gasteiger partial charge is 0.306 e. The van der Waals surface area contributed by atoms with E-state index >= 15 is 0 Å². The molecule has 1 unspecified atom stereocenters. The molecular formula is C16H14F3N. The Morgan fingerprint density at radius 3 is 2.45 bits per heavy atom. The van der Waals surface area contributed by atoms with Crippen LogP contribution >= 0.6 is 0 Å². The van der Waals surface area contributed by atoms with Crippen LogP contribution in [0.3, 0.4) is 0 Å². The second-order valence-corrected chi connectivity index (χ2v) is 5.03. The molecule has 0 saturated carbocycles. The second-order valence-electron chi connectivity index (χ2n) is 5.03. The van der Waals surface area contributed by atoms with Crippen LogP contribution in [0.1, 0.15) is 28.3 Å². The van der Waals surface area contributed by atoms with E-state index in [-0.39, 0.29) is 6.04 Å². The fourth-order valence-electron chi connectivity index (χ4n) is 2.62. The number of halogens is 3. The number of hydrogen-bond donors (Lipinski definition) is 1. The van der Waals surface area contributed by atoms with Gasteiger partial charge in [-0.3, -0.25) is 0 Å². The molecule has 1 nitrogen and oxygen atoms in total. The van der Waals surface area contributed by atoms with Gasteiger partial charge in [0.1, 0.15) is 0 Å². The first-order valence-corrected chi connectivity index (χ1v) is 6.51. The Morgan fingerprint density at radius 1 is 0.950 bits per heavy atom. The van der Waals surface area contributed by atoms with Crippen LogP contribution < -0.4 is 5.32 Å². The molecule has 1 aliphatic rings. The predicted molar refractivity (Wildman–Crippen MR) is 71.2 cm³/mol.